The Hall–Kier alpha value is -1.46. The Bertz CT molecular complexity index is 577. The van der Waals surface area contributed by atoms with Crippen molar-refractivity contribution in [2.45, 2.75) is 6.10 Å². The van der Waals surface area contributed by atoms with E-state index >= 15 is 0 Å². The first-order valence-corrected chi connectivity index (χ1v) is 6.48. The molecule has 0 spiro atoms. The minimum atomic E-state index is -1.04. The number of benzene rings is 2. The topological polar surface area (TPSA) is 32.3 Å². The van der Waals surface area contributed by atoms with Gasteiger partial charge in [-0.2, -0.15) is 0 Å². The van der Waals surface area contributed by atoms with Crippen molar-refractivity contribution in [1.29, 1.82) is 0 Å². The Morgan fingerprint density at radius 3 is 2.53 bits per heavy atom. The van der Waals surface area contributed by atoms with Crippen LogP contribution in [0.4, 0.5) is 14.5 Å². The van der Waals surface area contributed by atoms with E-state index in [0.29, 0.717) is 4.47 Å². The Labute approximate surface area is 118 Å². The van der Waals surface area contributed by atoms with E-state index in [2.05, 4.69) is 21.2 Å². The second-order valence-electron chi connectivity index (χ2n) is 4.04. The van der Waals surface area contributed by atoms with Gasteiger partial charge in [-0.25, -0.2) is 8.78 Å². The first-order valence-electron chi connectivity index (χ1n) is 5.69. The molecule has 100 valence electrons. The minimum Gasteiger partial charge on any atom is -0.386 e. The molecule has 5 heteroatoms. The van der Waals surface area contributed by atoms with Crippen LogP contribution in [0.1, 0.15) is 11.7 Å². The minimum absolute atomic E-state index is 0.0273. The summed E-state index contributed by atoms with van der Waals surface area (Å²) < 4.78 is 27.6. The second kappa shape index (κ2) is 6.12. The molecular formula is C14H12BrF2NO. The average Bonchev–Trinajstić information content (AvgIpc) is 2.38. The zero-order valence-corrected chi connectivity index (χ0v) is 11.5. The van der Waals surface area contributed by atoms with Gasteiger partial charge < -0.3 is 10.4 Å². The monoisotopic (exact) mass is 327 g/mol. The molecule has 1 unspecified atom stereocenters. The molecule has 0 bridgehead atoms. The van der Waals surface area contributed by atoms with Gasteiger partial charge in [0.05, 0.1) is 11.8 Å². The summed E-state index contributed by atoms with van der Waals surface area (Å²) in [6.07, 6.45) is -1.04. The van der Waals surface area contributed by atoms with E-state index in [1.807, 2.05) is 0 Å². The van der Waals surface area contributed by atoms with Crippen LogP contribution in [0, 0.1) is 11.6 Å². The maximum atomic E-state index is 13.5. The number of halogens is 3. The van der Waals surface area contributed by atoms with E-state index in [1.165, 1.54) is 18.2 Å². The normalized spacial score (nSPS) is 12.2. The third kappa shape index (κ3) is 3.52. The number of anilines is 1. The van der Waals surface area contributed by atoms with Crippen molar-refractivity contribution in [3.8, 4) is 0 Å². The van der Waals surface area contributed by atoms with Crippen LogP contribution in [0.2, 0.25) is 0 Å². The number of nitrogens with one attached hydrogen (secondary N) is 1. The van der Waals surface area contributed by atoms with Gasteiger partial charge in [0, 0.05) is 16.6 Å². The van der Waals surface area contributed by atoms with E-state index < -0.39 is 17.7 Å². The van der Waals surface area contributed by atoms with Crippen molar-refractivity contribution in [1.82, 2.24) is 0 Å². The number of aliphatic hydroxyl groups excluding tert-OH is 1. The van der Waals surface area contributed by atoms with Crippen LogP contribution in [0.25, 0.3) is 0 Å². The van der Waals surface area contributed by atoms with Crippen molar-refractivity contribution >= 4 is 21.6 Å². The molecule has 0 saturated carbocycles. The average molecular weight is 328 g/mol. The summed E-state index contributed by atoms with van der Waals surface area (Å²) >= 11 is 3.16. The highest BCUT2D eigenvalue weighted by Gasteiger charge is 2.12. The smallest absolute Gasteiger partial charge is 0.147 e. The lowest BCUT2D eigenvalue weighted by molar-refractivity contribution is 0.186. The predicted molar refractivity (Wildman–Crippen MR) is 73.9 cm³/mol. The largest absolute Gasteiger partial charge is 0.386 e. The molecule has 2 rings (SSSR count). The summed E-state index contributed by atoms with van der Waals surface area (Å²) in [5, 5.41) is 12.6. The number of aliphatic hydroxyl groups is 1. The van der Waals surface area contributed by atoms with Gasteiger partial charge in [-0.3, -0.25) is 0 Å². The van der Waals surface area contributed by atoms with E-state index in [4.69, 9.17) is 0 Å². The lowest BCUT2D eigenvalue weighted by atomic mass is 10.1. The highest BCUT2D eigenvalue weighted by molar-refractivity contribution is 9.10. The Morgan fingerprint density at radius 1 is 1.11 bits per heavy atom. The number of hydrogen-bond acceptors (Lipinski definition) is 2. The third-order valence-electron chi connectivity index (χ3n) is 2.68. The molecule has 2 aromatic carbocycles. The zero-order valence-electron chi connectivity index (χ0n) is 9.91. The molecule has 0 saturated heterocycles. The molecule has 0 fully saturated rings. The van der Waals surface area contributed by atoms with Gasteiger partial charge in [0.1, 0.15) is 11.6 Å². The summed E-state index contributed by atoms with van der Waals surface area (Å²) in [6, 6.07) is 10.5. The standard InChI is InChI=1S/C14H12BrF2NO/c15-9-5-6-13(12(17)7-9)18-8-14(19)10-3-1-2-4-11(10)16/h1-7,14,18-19H,8H2. The predicted octanol–water partition coefficient (Wildman–Crippen LogP) is 3.87. The Morgan fingerprint density at radius 2 is 1.84 bits per heavy atom. The highest BCUT2D eigenvalue weighted by Crippen LogP contribution is 2.21. The molecule has 0 radical (unpaired) electrons. The molecule has 1 atom stereocenters. The van der Waals surface area contributed by atoms with Crippen molar-refractivity contribution in [2.24, 2.45) is 0 Å². The first-order chi connectivity index (χ1) is 9.08. The lowest BCUT2D eigenvalue weighted by Gasteiger charge is -2.14. The van der Waals surface area contributed by atoms with E-state index in [1.54, 1.807) is 24.3 Å². The zero-order chi connectivity index (χ0) is 13.8. The SMILES string of the molecule is OC(CNc1ccc(Br)cc1F)c1ccccc1F. The number of hydrogen-bond donors (Lipinski definition) is 2. The molecule has 2 aromatic rings. The van der Waals surface area contributed by atoms with Crippen LogP contribution >= 0.6 is 15.9 Å². The molecule has 0 aliphatic carbocycles. The molecule has 2 nitrogen and oxygen atoms in total. The second-order valence-corrected chi connectivity index (χ2v) is 4.96. The fraction of sp³-hybridized carbons (Fsp3) is 0.143. The van der Waals surface area contributed by atoms with E-state index in [-0.39, 0.29) is 17.8 Å². The lowest BCUT2D eigenvalue weighted by Crippen LogP contribution is -2.14. The summed E-state index contributed by atoms with van der Waals surface area (Å²) in [7, 11) is 0. The molecule has 0 aliphatic rings. The Balaban J connectivity index is 2.04. The van der Waals surface area contributed by atoms with Gasteiger partial charge in [-0.05, 0) is 24.3 Å². The van der Waals surface area contributed by atoms with Crippen molar-refractivity contribution in [3.63, 3.8) is 0 Å². The van der Waals surface area contributed by atoms with Gasteiger partial charge in [0.15, 0.2) is 0 Å². The third-order valence-corrected chi connectivity index (χ3v) is 3.17. The van der Waals surface area contributed by atoms with Crippen LogP contribution in [-0.4, -0.2) is 11.7 Å². The molecular weight excluding hydrogens is 316 g/mol. The highest BCUT2D eigenvalue weighted by atomic mass is 79.9. The van der Waals surface area contributed by atoms with E-state index in [9.17, 15) is 13.9 Å². The summed E-state index contributed by atoms with van der Waals surface area (Å²) in [5.41, 5.74) is 0.450. The fourth-order valence-electron chi connectivity index (χ4n) is 1.69. The van der Waals surface area contributed by atoms with Gasteiger partial charge in [0.25, 0.3) is 0 Å². The fourth-order valence-corrected chi connectivity index (χ4v) is 2.03. The molecule has 0 heterocycles. The molecule has 0 amide bonds. The first kappa shape index (κ1) is 14.0. The van der Waals surface area contributed by atoms with Crippen LogP contribution in [0.3, 0.4) is 0 Å². The van der Waals surface area contributed by atoms with Gasteiger partial charge in [-0.15, -0.1) is 0 Å². The van der Waals surface area contributed by atoms with Gasteiger partial charge >= 0.3 is 0 Å². The van der Waals surface area contributed by atoms with Crippen LogP contribution in [0.15, 0.2) is 46.9 Å². The van der Waals surface area contributed by atoms with Crippen LogP contribution < -0.4 is 5.32 Å². The summed E-state index contributed by atoms with van der Waals surface area (Å²) in [4.78, 5) is 0. The van der Waals surface area contributed by atoms with Crippen LogP contribution in [-0.2, 0) is 0 Å². The summed E-state index contributed by atoms with van der Waals surface area (Å²) in [5.74, 6) is -0.914. The molecule has 0 aromatic heterocycles. The van der Waals surface area contributed by atoms with Crippen molar-refractivity contribution < 1.29 is 13.9 Å². The molecule has 2 N–H and O–H groups in total. The summed E-state index contributed by atoms with van der Waals surface area (Å²) in [6.45, 7) is 0.0273. The van der Waals surface area contributed by atoms with Gasteiger partial charge in [-0.1, -0.05) is 34.1 Å². The van der Waals surface area contributed by atoms with Gasteiger partial charge in [0.2, 0.25) is 0 Å². The van der Waals surface area contributed by atoms with Crippen molar-refractivity contribution in [2.75, 3.05) is 11.9 Å². The van der Waals surface area contributed by atoms with E-state index in [0.717, 1.165) is 0 Å². The Kier molecular flexibility index (Phi) is 4.50. The number of rotatable bonds is 4. The molecule has 19 heavy (non-hydrogen) atoms. The quantitative estimate of drug-likeness (QED) is 0.893. The van der Waals surface area contributed by atoms with Crippen molar-refractivity contribution in [3.05, 3.63) is 64.1 Å². The molecule has 0 aliphatic heterocycles. The van der Waals surface area contributed by atoms with Crippen LogP contribution in [0.5, 0.6) is 0 Å². The maximum Gasteiger partial charge on any atom is 0.147 e. The maximum absolute atomic E-state index is 13.5.